The molecule has 0 aliphatic heterocycles. The predicted octanol–water partition coefficient (Wildman–Crippen LogP) is -1.61. The molecule has 0 heterocycles. The minimum atomic E-state index is -1.23. The highest BCUT2D eigenvalue weighted by Gasteiger charge is 2.01. The van der Waals surface area contributed by atoms with E-state index in [0.29, 0.717) is 6.54 Å². The van der Waals surface area contributed by atoms with Crippen molar-refractivity contribution >= 4 is 5.97 Å². The molecule has 0 radical (unpaired) electrons. The van der Waals surface area contributed by atoms with E-state index in [4.69, 9.17) is 21.1 Å². The van der Waals surface area contributed by atoms with Crippen LogP contribution in [0.5, 0.6) is 0 Å². The Kier molecular flexibility index (Phi) is 10.1. The highest BCUT2D eigenvalue weighted by molar-refractivity contribution is 5.71. The van der Waals surface area contributed by atoms with Crippen LogP contribution in [0, 0.1) is 0 Å². The van der Waals surface area contributed by atoms with Gasteiger partial charge in [0.1, 0.15) is 6.10 Å². The summed E-state index contributed by atoms with van der Waals surface area (Å²) in [6.07, 6.45) is -1.23. The van der Waals surface area contributed by atoms with Gasteiger partial charge in [-0.1, -0.05) is 0 Å². The third kappa shape index (κ3) is 15.7. The van der Waals surface area contributed by atoms with E-state index in [-0.39, 0.29) is 6.61 Å². The zero-order chi connectivity index (χ0) is 8.57. The number of rotatable bonds is 2. The van der Waals surface area contributed by atoms with Crippen molar-refractivity contribution in [3.8, 4) is 0 Å². The van der Waals surface area contributed by atoms with Crippen LogP contribution >= 0.6 is 0 Å². The van der Waals surface area contributed by atoms with E-state index in [1.807, 2.05) is 0 Å². The third-order valence-electron chi connectivity index (χ3n) is 0.486. The summed E-state index contributed by atoms with van der Waals surface area (Å²) in [5.41, 5.74) is 4.78. The zero-order valence-electron chi connectivity index (χ0n) is 5.82. The maximum Gasteiger partial charge on any atom is 0.332 e. The second-order valence-electron chi connectivity index (χ2n) is 1.53. The number of carbonyl (C=O) groups is 1. The average Bonchev–Trinajstić information content (AvgIpc) is 1.89. The van der Waals surface area contributed by atoms with Crippen LogP contribution in [0.4, 0.5) is 0 Å². The largest absolute Gasteiger partial charge is 0.479 e. The number of carboxylic acids is 1. The Balaban J connectivity index is 0. The minimum Gasteiger partial charge on any atom is -0.479 e. The number of hydrogen-bond donors (Lipinski definition) is 4. The quantitative estimate of drug-likeness (QED) is 0.380. The fourth-order valence-corrected chi connectivity index (χ4v) is 0. The van der Waals surface area contributed by atoms with Gasteiger partial charge in [-0.05, 0) is 6.92 Å². The first kappa shape index (κ1) is 12.1. The zero-order valence-corrected chi connectivity index (χ0v) is 5.82. The second kappa shape index (κ2) is 8.35. The lowest BCUT2D eigenvalue weighted by Crippen LogP contribution is -2.13. The summed E-state index contributed by atoms with van der Waals surface area (Å²) >= 11 is 0. The summed E-state index contributed by atoms with van der Waals surface area (Å²) in [5, 5.41) is 23.5. The molecule has 0 amide bonds. The summed E-state index contributed by atoms with van der Waals surface area (Å²) in [7, 11) is 0. The van der Waals surface area contributed by atoms with Gasteiger partial charge in [0.25, 0.3) is 0 Å². The average molecular weight is 151 g/mol. The fraction of sp³-hybridized carbons (Fsp3) is 0.800. The van der Waals surface area contributed by atoms with Crippen molar-refractivity contribution in [1.29, 1.82) is 0 Å². The molecule has 0 spiro atoms. The van der Waals surface area contributed by atoms with Crippen LogP contribution in [0.1, 0.15) is 6.92 Å². The molecule has 0 aromatic rings. The molecule has 10 heavy (non-hydrogen) atoms. The van der Waals surface area contributed by atoms with Crippen LogP contribution in [-0.4, -0.2) is 40.5 Å². The van der Waals surface area contributed by atoms with Crippen LogP contribution in [-0.2, 0) is 4.79 Å². The summed E-state index contributed by atoms with van der Waals surface area (Å²) in [6.45, 7) is 1.67. The van der Waals surface area contributed by atoms with E-state index in [1.165, 1.54) is 6.92 Å². The number of nitrogens with two attached hydrogens (primary N) is 1. The highest BCUT2D eigenvalue weighted by Crippen LogP contribution is 1.73. The van der Waals surface area contributed by atoms with Gasteiger partial charge in [-0.15, -0.1) is 0 Å². The van der Waals surface area contributed by atoms with Crippen LogP contribution in [0.25, 0.3) is 0 Å². The SMILES string of the molecule is CC(O)C(=O)O.NCCO. The smallest absolute Gasteiger partial charge is 0.332 e. The van der Waals surface area contributed by atoms with E-state index in [1.54, 1.807) is 0 Å². The first-order valence-corrected chi connectivity index (χ1v) is 2.78. The maximum absolute atomic E-state index is 9.45. The van der Waals surface area contributed by atoms with E-state index >= 15 is 0 Å². The Hall–Kier alpha value is -0.650. The first-order valence-electron chi connectivity index (χ1n) is 2.78. The molecule has 0 rings (SSSR count). The number of aliphatic hydroxyl groups excluding tert-OH is 2. The van der Waals surface area contributed by atoms with Gasteiger partial charge in [0.15, 0.2) is 0 Å². The predicted molar refractivity (Wildman–Crippen MR) is 35.5 cm³/mol. The van der Waals surface area contributed by atoms with E-state index in [2.05, 4.69) is 0 Å². The standard InChI is InChI=1S/C3H6O3.C2H7NO/c1-2(4)3(5)6;3-1-2-4/h2,4H,1H3,(H,5,6);4H,1-3H2. The first-order chi connectivity index (χ1) is 4.56. The lowest BCUT2D eigenvalue weighted by atomic mass is 10.4. The Labute approximate surface area is 59.1 Å². The van der Waals surface area contributed by atoms with Crippen molar-refractivity contribution in [2.45, 2.75) is 13.0 Å². The molecule has 5 N–H and O–H groups in total. The lowest BCUT2D eigenvalue weighted by molar-refractivity contribution is -0.145. The second-order valence-corrected chi connectivity index (χ2v) is 1.53. The van der Waals surface area contributed by atoms with Crippen molar-refractivity contribution < 1.29 is 20.1 Å². The number of hydrogen-bond acceptors (Lipinski definition) is 4. The Bertz CT molecular complexity index is 81.7. The fourth-order valence-electron chi connectivity index (χ4n) is 0. The van der Waals surface area contributed by atoms with E-state index in [9.17, 15) is 4.79 Å². The molecule has 1 atom stereocenters. The van der Waals surface area contributed by atoms with Crippen molar-refractivity contribution in [2.24, 2.45) is 5.73 Å². The molecule has 5 heteroatoms. The van der Waals surface area contributed by atoms with Gasteiger partial charge in [-0.3, -0.25) is 0 Å². The van der Waals surface area contributed by atoms with Crippen LogP contribution in [0.15, 0.2) is 0 Å². The third-order valence-corrected chi connectivity index (χ3v) is 0.486. The van der Waals surface area contributed by atoms with Crippen LogP contribution < -0.4 is 5.73 Å². The van der Waals surface area contributed by atoms with Gasteiger partial charge in [0, 0.05) is 6.54 Å². The number of carboxylic acid groups (broad SMARTS) is 1. The number of aliphatic carboxylic acids is 1. The summed E-state index contributed by atoms with van der Waals surface area (Å²) in [4.78, 5) is 9.45. The monoisotopic (exact) mass is 151 g/mol. The summed E-state index contributed by atoms with van der Waals surface area (Å²) < 4.78 is 0. The Morgan fingerprint density at radius 3 is 1.90 bits per heavy atom. The van der Waals surface area contributed by atoms with Gasteiger partial charge in [0.05, 0.1) is 6.61 Å². The van der Waals surface area contributed by atoms with E-state index in [0.717, 1.165) is 0 Å². The molecule has 0 aliphatic carbocycles. The molecule has 0 bridgehead atoms. The molecule has 0 aromatic heterocycles. The molecule has 62 valence electrons. The van der Waals surface area contributed by atoms with Crippen LogP contribution in [0.3, 0.4) is 0 Å². The van der Waals surface area contributed by atoms with Gasteiger partial charge in [0.2, 0.25) is 0 Å². The van der Waals surface area contributed by atoms with Crippen molar-refractivity contribution in [1.82, 2.24) is 0 Å². The van der Waals surface area contributed by atoms with Crippen molar-refractivity contribution in [2.75, 3.05) is 13.2 Å². The molecule has 0 saturated heterocycles. The van der Waals surface area contributed by atoms with Crippen molar-refractivity contribution in [3.05, 3.63) is 0 Å². The molecule has 0 saturated carbocycles. The van der Waals surface area contributed by atoms with Gasteiger partial charge < -0.3 is 21.1 Å². The summed E-state index contributed by atoms with van der Waals surface area (Å²) in [6, 6.07) is 0. The molecular weight excluding hydrogens is 138 g/mol. The molecule has 5 nitrogen and oxygen atoms in total. The molecule has 1 unspecified atom stereocenters. The Morgan fingerprint density at radius 2 is 1.90 bits per heavy atom. The molecule has 0 aliphatic rings. The van der Waals surface area contributed by atoms with Crippen LogP contribution in [0.2, 0.25) is 0 Å². The van der Waals surface area contributed by atoms with Crippen molar-refractivity contribution in [3.63, 3.8) is 0 Å². The lowest BCUT2D eigenvalue weighted by Gasteiger charge is -1.89. The van der Waals surface area contributed by atoms with Gasteiger partial charge >= 0.3 is 5.97 Å². The van der Waals surface area contributed by atoms with Gasteiger partial charge in [-0.2, -0.15) is 0 Å². The Morgan fingerprint density at radius 1 is 1.70 bits per heavy atom. The molecular formula is C5H13NO4. The van der Waals surface area contributed by atoms with Gasteiger partial charge in [-0.25, -0.2) is 4.79 Å². The normalized spacial score (nSPS) is 11.2. The highest BCUT2D eigenvalue weighted by atomic mass is 16.4. The minimum absolute atomic E-state index is 0.0972. The topological polar surface area (TPSA) is 104 Å². The van der Waals surface area contributed by atoms with E-state index < -0.39 is 12.1 Å². The summed E-state index contributed by atoms with van der Waals surface area (Å²) in [5.74, 6) is -1.19. The number of aliphatic hydroxyl groups is 2. The molecule has 0 aromatic carbocycles. The molecule has 0 fully saturated rings. The maximum atomic E-state index is 9.45.